The lowest BCUT2D eigenvalue weighted by atomic mass is 10.1. The fraction of sp³-hybridized carbons (Fsp3) is 0.696. The van der Waals surface area contributed by atoms with Crippen LogP contribution in [0.2, 0.25) is 0 Å². The third-order valence-corrected chi connectivity index (χ3v) is 5.26. The van der Waals surface area contributed by atoms with Gasteiger partial charge in [0.2, 0.25) is 0 Å². The fourth-order valence-electron chi connectivity index (χ4n) is 3.04. The molecule has 8 heteroatoms. The summed E-state index contributed by atoms with van der Waals surface area (Å²) < 4.78 is 61.8. The number of carbonyl (C=O) groups is 2. The van der Waals surface area contributed by atoms with Crippen molar-refractivity contribution in [3.05, 3.63) is 18.7 Å². The second-order valence-corrected chi connectivity index (χ2v) is 7.29. The summed E-state index contributed by atoms with van der Waals surface area (Å²) in [5, 5.41) is 3.03. The molecule has 0 spiro atoms. The van der Waals surface area contributed by atoms with Gasteiger partial charge in [0.25, 0.3) is 0 Å². The zero-order chi connectivity index (χ0) is 36.2. The Hall–Kier alpha value is -1.51. The molecule has 3 N–H and O–H groups in total. The Labute approximate surface area is 224 Å². The standard InChI is InChI=1S/C9H10N2OS.C8H13NOS.C2H7N.2C2H6.10H2/c12-8-3-1-2-7(8)9(13)11-5-4-10-6-11;1-2-9-8(11)6-4-3-5-7(6)10;1-2-3;2*1-2;;;;;;;;;;/h4-7H,1-3H2;6H,2-5H2,1H3,(H,9,11);2-3H2,1H3;2*1-2H3;10*1H/i;;;;;6*1+2T;2*1+2;;. The van der Waals surface area contributed by atoms with Crippen LogP contribution in [0.25, 0.3) is 0 Å². The van der Waals surface area contributed by atoms with Crippen molar-refractivity contribution in [1.29, 1.82) is 0 Å². The van der Waals surface area contributed by atoms with Crippen LogP contribution in [-0.4, -0.2) is 44.2 Å². The zero-order valence-corrected chi connectivity index (χ0v) is 21.8. The van der Waals surface area contributed by atoms with Gasteiger partial charge in [-0.25, -0.2) is 4.98 Å². The van der Waals surface area contributed by atoms with Crippen molar-refractivity contribution in [2.45, 2.75) is 80.1 Å². The normalized spacial score (nSPS) is 20.2. The molecule has 2 saturated carbocycles. The molecule has 6 nitrogen and oxygen atoms in total. The van der Waals surface area contributed by atoms with Crippen LogP contribution >= 0.6 is 24.4 Å². The first-order valence-corrected chi connectivity index (χ1v) is 12.3. The number of ketones is 2. The summed E-state index contributed by atoms with van der Waals surface area (Å²) in [5.74, 6) is 0.573. The van der Waals surface area contributed by atoms with E-state index in [-0.39, 0.29) is 23.3 Å². The summed E-state index contributed by atoms with van der Waals surface area (Å²) in [6.07, 6.45) is 10.3. The van der Waals surface area contributed by atoms with Crippen LogP contribution in [0.15, 0.2) is 18.7 Å². The van der Waals surface area contributed by atoms with Gasteiger partial charge in [-0.2, -0.15) is 0 Å². The number of hydrogen-bond acceptors (Lipinski definition) is 6. The predicted octanol–water partition coefficient (Wildman–Crippen LogP) is 7.20. The van der Waals surface area contributed by atoms with E-state index in [0.717, 1.165) is 50.2 Å². The SMILES string of the molecule is CC.CC.CCN.CCNC(=S)C1CCCC1=O.O=C1CCCC1C(=S)n1ccnc1.[3HH].[3HH].[3H][3H].[3H][3H].[3H][3H].[3H][3H].[3H][3H].[3H][3H].[HH].[HH]. The Morgan fingerprint density at radius 3 is 2.00 bits per heavy atom. The average Bonchev–Trinajstić information content (AvgIpc) is 3.89. The summed E-state index contributed by atoms with van der Waals surface area (Å²) in [6.45, 7) is 13.5. The summed E-state index contributed by atoms with van der Waals surface area (Å²) in [6, 6.07) is 0. The quantitative estimate of drug-likeness (QED) is 0.409. The molecule has 0 saturated heterocycles. The maximum atomic E-state index is 11.4. The van der Waals surface area contributed by atoms with Crippen molar-refractivity contribution >= 4 is 46.0 Å². The topological polar surface area (TPSA) is 90.0 Å². The highest BCUT2D eigenvalue weighted by atomic mass is 32.1. The van der Waals surface area contributed by atoms with Crippen molar-refractivity contribution in [2.24, 2.45) is 17.6 Å². The van der Waals surface area contributed by atoms with Gasteiger partial charge < -0.3 is 11.1 Å². The highest BCUT2D eigenvalue weighted by Gasteiger charge is 2.29. The Morgan fingerprint density at radius 1 is 1.16 bits per heavy atom. The van der Waals surface area contributed by atoms with Crippen molar-refractivity contribution in [1.82, 2.24) is 14.9 Å². The summed E-state index contributed by atoms with van der Waals surface area (Å²) >= 11 is 10.3. The molecule has 0 radical (unpaired) electrons. The number of imidazole rings is 1. The molecule has 2 fully saturated rings. The first-order valence-electron chi connectivity index (χ1n) is 17.5. The van der Waals surface area contributed by atoms with Crippen molar-refractivity contribution < 1.29 is 33.1 Å². The monoisotopic (exact) mass is 519 g/mol. The molecule has 3 rings (SSSR count). The Bertz CT molecular complexity index is 677. The van der Waals surface area contributed by atoms with Gasteiger partial charge in [0.05, 0.1) is 28.1 Å². The van der Waals surface area contributed by atoms with E-state index in [1.807, 2.05) is 41.5 Å². The Kier molecular flexibility index (Phi) is 14.0. The van der Waals surface area contributed by atoms with Gasteiger partial charge >= 0.3 is 0 Å². The number of nitrogens with one attached hydrogen (secondary N) is 1. The minimum Gasteiger partial charge on any atom is -0.379 e. The number of nitrogens with zero attached hydrogens (tertiary/aromatic N) is 2. The van der Waals surface area contributed by atoms with Crippen LogP contribution in [0.5, 0.6) is 0 Å². The van der Waals surface area contributed by atoms with E-state index in [9.17, 15) is 9.59 Å². The molecule has 1 heterocycles. The van der Waals surface area contributed by atoms with Gasteiger partial charge in [0.1, 0.15) is 11.6 Å². The smallest absolute Gasteiger partial charge is 0.142 e. The van der Waals surface area contributed by atoms with Crippen LogP contribution in [0.3, 0.4) is 0 Å². The van der Waals surface area contributed by atoms with Crippen LogP contribution in [0.1, 0.15) is 104 Å². The maximum Gasteiger partial charge on any atom is 0.142 e. The maximum absolute atomic E-state index is 11.4. The van der Waals surface area contributed by atoms with E-state index in [4.69, 9.17) is 48.0 Å². The molecule has 0 bridgehead atoms. The van der Waals surface area contributed by atoms with E-state index in [2.05, 4.69) is 10.3 Å². The van der Waals surface area contributed by atoms with Crippen molar-refractivity contribution in [3.8, 4) is 0 Å². The number of hydrogen-bond donors (Lipinski definition) is 2. The summed E-state index contributed by atoms with van der Waals surface area (Å²) in [5.41, 5.74) is 4.85. The second kappa shape index (κ2) is 20.4. The summed E-state index contributed by atoms with van der Waals surface area (Å²) in [7, 11) is 0. The van der Waals surface area contributed by atoms with Crippen molar-refractivity contribution in [3.63, 3.8) is 0 Å². The lowest BCUT2D eigenvalue weighted by molar-refractivity contribution is -0.119. The minimum absolute atomic E-state index is 0. The van der Waals surface area contributed by atoms with Crippen molar-refractivity contribution in [2.75, 3.05) is 13.1 Å². The molecule has 1 aromatic rings. The molecule has 31 heavy (non-hydrogen) atoms. The number of thiocarbonyl (C=S) groups is 2. The van der Waals surface area contributed by atoms with Gasteiger partial charge in [-0.05, 0) is 39.2 Å². The van der Waals surface area contributed by atoms with Gasteiger partial charge in [-0.1, -0.05) is 59.1 Å². The molecule has 198 valence electrons. The highest BCUT2D eigenvalue weighted by Crippen LogP contribution is 2.23. The van der Waals surface area contributed by atoms with Gasteiger partial charge in [-0.15, -0.1) is 0 Å². The molecule has 0 amide bonds. The second-order valence-electron chi connectivity index (χ2n) is 6.43. The molecule has 2 aliphatic rings. The van der Waals surface area contributed by atoms with Crippen LogP contribution in [0, 0.1) is 11.8 Å². The third-order valence-electron chi connectivity index (χ3n) is 4.33. The number of rotatable bonds is 3. The first kappa shape index (κ1) is 21.3. The average molecular weight is 519 g/mol. The molecule has 0 aliphatic heterocycles. The van der Waals surface area contributed by atoms with E-state index >= 15 is 0 Å². The number of nitrogens with two attached hydrogens (primary N) is 1. The zero-order valence-electron chi connectivity index (χ0n) is 32.1. The van der Waals surface area contributed by atoms with Crippen LogP contribution < -0.4 is 11.1 Å². The lowest BCUT2D eigenvalue weighted by Gasteiger charge is -2.09. The molecular formula is C23H62N4O2S2. The fourth-order valence-corrected chi connectivity index (χ4v) is 3.79. The molecule has 2 aliphatic carbocycles. The van der Waals surface area contributed by atoms with E-state index in [1.165, 1.54) is 0 Å². The number of Topliss-reactive ketones (excluding diaryl/α,β-unsaturated/α-hetero) is 2. The van der Waals surface area contributed by atoms with E-state index in [0.29, 0.717) is 17.2 Å². The third kappa shape index (κ3) is 12.2. The van der Waals surface area contributed by atoms with Gasteiger partial charge in [0.15, 0.2) is 0 Å². The van der Waals surface area contributed by atoms with Crippen LogP contribution in [-0.2, 0) is 9.59 Å². The van der Waals surface area contributed by atoms with Gasteiger partial charge in [0, 0.05) is 55.3 Å². The Morgan fingerprint density at radius 2 is 1.65 bits per heavy atom. The largest absolute Gasteiger partial charge is 0.379 e. The number of aromatic nitrogens is 2. The molecular weight excluding hydrogens is 428 g/mol. The van der Waals surface area contributed by atoms with E-state index in [1.54, 1.807) is 23.3 Å². The number of carbonyl (C=O) groups excluding carboxylic acids is 2. The minimum atomic E-state index is -0.0517. The van der Waals surface area contributed by atoms with E-state index < -0.39 is 0 Å². The first-order chi connectivity index (χ1) is 21.0. The summed E-state index contributed by atoms with van der Waals surface area (Å²) in [4.78, 5) is 27.9. The highest BCUT2D eigenvalue weighted by molar-refractivity contribution is 7.80. The lowest BCUT2D eigenvalue weighted by Crippen LogP contribution is -2.30. The van der Waals surface area contributed by atoms with Gasteiger partial charge in [-0.3, -0.25) is 14.2 Å². The van der Waals surface area contributed by atoms with Crippen LogP contribution in [0.4, 0.5) is 0 Å². The molecule has 2 unspecified atom stereocenters. The predicted molar refractivity (Wildman–Crippen MR) is 160 cm³/mol. The molecule has 2 atom stereocenters. The molecule has 0 aromatic carbocycles. The Balaban J connectivity index is -0.0000000329. The molecule has 1 aromatic heterocycles.